The van der Waals surface area contributed by atoms with Crippen molar-refractivity contribution in [2.45, 2.75) is 31.7 Å². The molecule has 1 heterocycles. The van der Waals surface area contributed by atoms with Gasteiger partial charge in [-0.3, -0.25) is 0 Å². The van der Waals surface area contributed by atoms with Crippen LogP contribution in [0.3, 0.4) is 0 Å². The maximum atomic E-state index is 6.24. The fourth-order valence-electron chi connectivity index (χ4n) is 2.40. The van der Waals surface area contributed by atoms with Crippen LogP contribution >= 0.6 is 0 Å². The zero-order valence-electron chi connectivity index (χ0n) is 9.94. The Morgan fingerprint density at radius 2 is 1.62 bits per heavy atom. The van der Waals surface area contributed by atoms with Gasteiger partial charge in [-0.2, -0.15) is 0 Å². The van der Waals surface area contributed by atoms with Gasteiger partial charge >= 0.3 is 0 Å². The van der Waals surface area contributed by atoms with Crippen molar-refractivity contribution in [3.63, 3.8) is 0 Å². The predicted octanol–water partition coefficient (Wildman–Crippen LogP) is 2.56. The Balaban J connectivity index is 1.88. The second-order valence-corrected chi connectivity index (χ2v) is 4.73. The number of nitrogens with two attached hydrogens (primary N) is 1. The van der Waals surface area contributed by atoms with Crippen molar-refractivity contribution in [3.05, 3.63) is 35.9 Å². The summed E-state index contributed by atoms with van der Waals surface area (Å²) in [6.07, 6.45) is 5.44. The number of rotatable bonds is 3. The van der Waals surface area contributed by atoms with Crippen LogP contribution in [0.1, 0.15) is 37.3 Å². The number of hydrogen-bond donors (Lipinski definition) is 1. The molecule has 2 heteroatoms. The van der Waals surface area contributed by atoms with Crippen LogP contribution in [-0.2, 0) is 0 Å². The predicted molar refractivity (Wildman–Crippen MR) is 68.3 cm³/mol. The van der Waals surface area contributed by atoms with E-state index in [1.807, 2.05) is 6.07 Å². The van der Waals surface area contributed by atoms with Gasteiger partial charge < -0.3 is 10.6 Å². The van der Waals surface area contributed by atoms with Gasteiger partial charge in [-0.1, -0.05) is 43.2 Å². The lowest BCUT2D eigenvalue weighted by Crippen LogP contribution is -2.32. The van der Waals surface area contributed by atoms with Crippen molar-refractivity contribution in [3.8, 4) is 0 Å². The summed E-state index contributed by atoms with van der Waals surface area (Å²) in [5.74, 6) is 0. The topological polar surface area (TPSA) is 29.3 Å². The summed E-state index contributed by atoms with van der Waals surface area (Å²) in [6.45, 7) is 3.45. The summed E-state index contributed by atoms with van der Waals surface area (Å²) in [7, 11) is 0. The van der Waals surface area contributed by atoms with E-state index in [0.29, 0.717) is 0 Å². The highest BCUT2D eigenvalue weighted by Gasteiger charge is 2.13. The smallest absolute Gasteiger partial charge is 0.0424 e. The molecule has 2 rings (SSSR count). The second kappa shape index (κ2) is 6.02. The molecular formula is C14H22N2. The number of benzene rings is 1. The SMILES string of the molecule is N[C@@H](CN1CCCCCC1)c1ccccc1. The van der Waals surface area contributed by atoms with Crippen molar-refractivity contribution < 1.29 is 0 Å². The molecule has 16 heavy (non-hydrogen) atoms. The van der Waals surface area contributed by atoms with Crippen LogP contribution in [0.2, 0.25) is 0 Å². The molecule has 0 unspecified atom stereocenters. The van der Waals surface area contributed by atoms with Gasteiger partial charge in [0.2, 0.25) is 0 Å². The van der Waals surface area contributed by atoms with Gasteiger partial charge in [-0.25, -0.2) is 0 Å². The molecule has 0 amide bonds. The normalized spacial score (nSPS) is 20.3. The van der Waals surface area contributed by atoms with Gasteiger partial charge in [0.05, 0.1) is 0 Å². The average molecular weight is 218 g/mol. The van der Waals surface area contributed by atoms with Crippen LogP contribution in [0.4, 0.5) is 0 Å². The van der Waals surface area contributed by atoms with Gasteiger partial charge in [-0.05, 0) is 31.5 Å². The van der Waals surface area contributed by atoms with E-state index in [1.54, 1.807) is 0 Å². The third kappa shape index (κ3) is 3.32. The van der Waals surface area contributed by atoms with E-state index in [9.17, 15) is 0 Å². The highest BCUT2D eigenvalue weighted by atomic mass is 15.1. The van der Waals surface area contributed by atoms with Crippen molar-refractivity contribution in [1.29, 1.82) is 0 Å². The molecule has 1 atom stereocenters. The third-order valence-corrected chi connectivity index (χ3v) is 3.38. The van der Waals surface area contributed by atoms with E-state index in [1.165, 1.54) is 44.3 Å². The van der Waals surface area contributed by atoms with Crippen molar-refractivity contribution >= 4 is 0 Å². The highest BCUT2D eigenvalue weighted by Crippen LogP contribution is 2.15. The molecule has 1 saturated heterocycles. The van der Waals surface area contributed by atoms with Gasteiger partial charge in [-0.15, -0.1) is 0 Å². The quantitative estimate of drug-likeness (QED) is 0.845. The molecule has 1 aromatic rings. The minimum Gasteiger partial charge on any atom is -0.323 e. The van der Waals surface area contributed by atoms with Crippen molar-refractivity contribution in [2.75, 3.05) is 19.6 Å². The first-order valence-electron chi connectivity index (χ1n) is 6.39. The van der Waals surface area contributed by atoms with Gasteiger partial charge in [0, 0.05) is 12.6 Å². The molecule has 1 aliphatic heterocycles. The maximum Gasteiger partial charge on any atom is 0.0424 e. The molecule has 2 nitrogen and oxygen atoms in total. The summed E-state index contributed by atoms with van der Waals surface area (Å²) in [6, 6.07) is 10.6. The summed E-state index contributed by atoms with van der Waals surface area (Å²) >= 11 is 0. The third-order valence-electron chi connectivity index (χ3n) is 3.38. The lowest BCUT2D eigenvalue weighted by molar-refractivity contribution is 0.268. The van der Waals surface area contributed by atoms with E-state index in [-0.39, 0.29) is 6.04 Å². The average Bonchev–Trinajstić information content (AvgIpc) is 2.59. The molecule has 88 valence electrons. The Kier molecular flexibility index (Phi) is 4.37. The molecule has 0 saturated carbocycles. The summed E-state index contributed by atoms with van der Waals surface area (Å²) in [5, 5.41) is 0. The fourth-order valence-corrected chi connectivity index (χ4v) is 2.40. The first-order chi connectivity index (χ1) is 7.86. The van der Waals surface area contributed by atoms with Gasteiger partial charge in [0.15, 0.2) is 0 Å². The molecule has 0 spiro atoms. The van der Waals surface area contributed by atoms with Crippen LogP contribution in [-0.4, -0.2) is 24.5 Å². The fraction of sp³-hybridized carbons (Fsp3) is 0.571. The van der Waals surface area contributed by atoms with Crippen LogP contribution in [0.15, 0.2) is 30.3 Å². The summed E-state index contributed by atoms with van der Waals surface area (Å²) in [4.78, 5) is 2.52. The molecule has 1 fully saturated rings. The maximum absolute atomic E-state index is 6.24. The zero-order chi connectivity index (χ0) is 11.2. The van der Waals surface area contributed by atoms with Crippen LogP contribution in [0.5, 0.6) is 0 Å². The van der Waals surface area contributed by atoms with E-state index < -0.39 is 0 Å². The summed E-state index contributed by atoms with van der Waals surface area (Å²) in [5.41, 5.74) is 7.49. The Bertz CT molecular complexity index is 289. The minimum absolute atomic E-state index is 0.166. The minimum atomic E-state index is 0.166. The second-order valence-electron chi connectivity index (χ2n) is 4.73. The monoisotopic (exact) mass is 218 g/mol. The molecular weight excluding hydrogens is 196 g/mol. The zero-order valence-corrected chi connectivity index (χ0v) is 9.94. The Morgan fingerprint density at radius 3 is 2.25 bits per heavy atom. The molecule has 1 aromatic carbocycles. The number of nitrogens with zero attached hydrogens (tertiary/aromatic N) is 1. The van der Waals surface area contributed by atoms with Crippen LogP contribution < -0.4 is 5.73 Å². The highest BCUT2D eigenvalue weighted by molar-refractivity contribution is 5.18. The van der Waals surface area contributed by atoms with Gasteiger partial charge in [0.1, 0.15) is 0 Å². The molecule has 2 N–H and O–H groups in total. The molecule has 1 aliphatic rings. The number of likely N-dealkylation sites (tertiary alicyclic amines) is 1. The van der Waals surface area contributed by atoms with Crippen molar-refractivity contribution in [2.24, 2.45) is 5.73 Å². The summed E-state index contributed by atoms with van der Waals surface area (Å²) < 4.78 is 0. The first-order valence-corrected chi connectivity index (χ1v) is 6.39. The van der Waals surface area contributed by atoms with E-state index in [4.69, 9.17) is 5.73 Å². The van der Waals surface area contributed by atoms with Crippen LogP contribution in [0, 0.1) is 0 Å². The van der Waals surface area contributed by atoms with Gasteiger partial charge in [0.25, 0.3) is 0 Å². The molecule has 0 bridgehead atoms. The molecule has 0 radical (unpaired) electrons. The van der Waals surface area contributed by atoms with E-state index in [0.717, 1.165) is 6.54 Å². The van der Waals surface area contributed by atoms with E-state index >= 15 is 0 Å². The molecule has 0 aromatic heterocycles. The Labute approximate surface area is 98.4 Å². The Morgan fingerprint density at radius 1 is 1.00 bits per heavy atom. The number of hydrogen-bond acceptors (Lipinski definition) is 2. The standard InChI is InChI=1S/C14H22N2/c15-14(13-8-4-3-5-9-13)12-16-10-6-1-2-7-11-16/h3-5,8-9,14H,1-2,6-7,10-12,15H2/t14-/m0/s1. The Hall–Kier alpha value is -0.860. The van der Waals surface area contributed by atoms with E-state index in [2.05, 4.69) is 29.2 Å². The largest absolute Gasteiger partial charge is 0.323 e. The van der Waals surface area contributed by atoms with Crippen molar-refractivity contribution in [1.82, 2.24) is 4.90 Å². The first kappa shape index (κ1) is 11.6. The van der Waals surface area contributed by atoms with Crippen LogP contribution in [0.25, 0.3) is 0 Å². The molecule has 0 aliphatic carbocycles. The lowest BCUT2D eigenvalue weighted by Gasteiger charge is -2.24. The lowest BCUT2D eigenvalue weighted by atomic mass is 10.1.